The molecule has 0 radical (unpaired) electrons. The van der Waals surface area contributed by atoms with Gasteiger partial charge in [-0.25, -0.2) is 0 Å². The quantitative estimate of drug-likeness (QED) is 0.702. The van der Waals surface area contributed by atoms with Gasteiger partial charge >= 0.3 is 0 Å². The summed E-state index contributed by atoms with van der Waals surface area (Å²) in [5.41, 5.74) is 1.05. The molecule has 0 amide bonds. The van der Waals surface area contributed by atoms with E-state index >= 15 is 0 Å². The fraction of sp³-hybridized carbons (Fsp3) is 0. The Labute approximate surface area is 152 Å². The van der Waals surface area contributed by atoms with E-state index in [1.807, 2.05) is 18.2 Å². The van der Waals surface area contributed by atoms with Crippen LogP contribution in [0.4, 0.5) is 0 Å². The van der Waals surface area contributed by atoms with Gasteiger partial charge in [-0.2, -0.15) is 10.5 Å². The zero-order valence-electron chi connectivity index (χ0n) is 12.8. The van der Waals surface area contributed by atoms with Crippen LogP contribution in [0, 0.1) is 22.7 Å². The molecule has 0 N–H and O–H groups in total. The summed E-state index contributed by atoms with van der Waals surface area (Å²) in [5.74, 6) is 0. The van der Waals surface area contributed by atoms with Gasteiger partial charge in [0.25, 0.3) is 5.56 Å². The van der Waals surface area contributed by atoms with Gasteiger partial charge in [0.15, 0.2) is 5.57 Å². The predicted octanol–water partition coefficient (Wildman–Crippen LogP) is 2.58. The lowest BCUT2D eigenvalue weighted by Gasteiger charge is -2.00. The first-order valence-corrected chi connectivity index (χ1v) is 8.42. The van der Waals surface area contributed by atoms with Crippen LogP contribution in [0.25, 0.3) is 17.3 Å². The molecule has 2 aromatic carbocycles. The van der Waals surface area contributed by atoms with Gasteiger partial charge in [0.1, 0.15) is 16.8 Å². The van der Waals surface area contributed by atoms with Crippen LogP contribution < -0.4 is 14.8 Å². The van der Waals surface area contributed by atoms with Crippen LogP contribution in [0.3, 0.4) is 0 Å². The fourth-order valence-corrected chi connectivity index (χ4v) is 3.47. The molecule has 0 spiro atoms. The van der Waals surface area contributed by atoms with Crippen LogP contribution in [0.15, 0.2) is 59.4 Å². The van der Waals surface area contributed by atoms with Crippen LogP contribution >= 0.6 is 22.9 Å². The second-order valence-corrected chi connectivity index (χ2v) is 6.51. The second kappa shape index (κ2) is 7.19. The van der Waals surface area contributed by atoms with E-state index in [2.05, 4.69) is 0 Å². The standard InChI is InChI=1S/C19H10ClN3OS/c20-15-8-6-13(7-9-15)10-17-18(24)23(16-4-2-1-3-5-16)19(25-17)14(11-21)12-22/h1-10H/b17-10+. The van der Waals surface area contributed by atoms with E-state index in [1.54, 1.807) is 54.6 Å². The number of nitriles is 2. The molecule has 3 aromatic rings. The highest BCUT2D eigenvalue weighted by Crippen LogP contribution is 2.10. The first-order chi connectivity index (χ1) is 12.1. The number of para-hydroxylation sites is 1. The summed E-state index contributed by atoms with van der Waals surface area (Å²) >= 11 is 7.00. The number of halogens is 1. The van der Waals surface area contributed by atoms with E-state index in [0.717, 1.165) is 16.9 Å². The van der Waals surface area contributed by atoms with Crippen LogP contribution in [-0.2, 0) is 0 Å². The Hall–Kier alpha value is -3.12. The lowest BCUT2D eigenvalue weighted by Crippen LogP contribution is -2.30. The zero-order chi connectivity index (χ0) is 17.8. The van der Waals surface area contributed by atoms with Gasteiger partial charge < -0.3 is 0 Å². The van der Waals surface area contributed by atoms with Crippen molar-refractivity contribution < 1.29 is 0 Å². The van der Waals surface area contributed by atoms with E-state index in [-0.39, 0.29) is 11.1 Å². The molecule has 120 valence electrons. The summed E-state index contributed by atoms with van der Waals surface area (Å²) < 4.78 is 2.15. The first-order valence-electron chi connectivity index (χ1n) is 7.23. The van der Waals surface area contributed by atoms with Crippen molar-refractivity contribution in [2.45, 2.75) is 0 Å². The summed E-state index contributed by atoms with van der Waals surface area (Å²) in [6.45, 7) is 0. The average Bonchev–Trinajstić information content (AvgIpc) is 2.95. The van der Waals surface area contributed by atoms with E-state index in [0.29, 0.717) is 19.9 Å². The summed E-state index contributed by atoms with van der Waals surface area (Å²) in [6, 6.07) is 19.7. The molecule has 3 rings (SSSR count). The normalized spacial score (nSPS) is 10.9. The molecular formula is C19H10ClN3OS. The molecule has 0 atom stereocenters. The Morgan fingerprint density at radius 3 is 2.28 bits per heavy atom. The Bertz CT molecular complexity index is 1160. The molecule has 0 bridgehead atoms. The van der Waals surface area contributed by atoms with Gasteiger partial charge in [-0.05, 0) is 35.9 Å². The van der Waals surface area contributed by atoms with Crippen molar-refractivity contribution in [2.24, 2.45) is 0 Å². The topological polar surface area (TPSA) is 69.6 Å². The maximum atomic E-state index is 12.9. The molecule has 0 unspecified atom stereocenters. The highest BCUT2D eigenvalue weighted by atomic mass is 35.5. The summed E-state index contributed by atoms with van der Waals surface area (Å²) in [6.07, 6.45) is 1.72. The molecule has 0 aliphatic rings. The molecule has 25 heavy (non-hydrogen) atoms. The predicted molar refractivity (Wildman–Crippen MR) is 98.8 cm³/mol. The van der Waals surface area contributed by atoms with Crippen molar-refractivity contribution in [3.8, 4) is 17.8 Å². The Morgan fingerprint density at radius 2 is 1.68 bits per heavy atom. The van der Waals surface area contributed by atoms with Crippen molar-refractivity contribution in [2.75, 3.05) is 0 Å². The minimum Gasteiger partial charge on any atom is -0.267 e. The SMILES string of the molecule is N#CC(C#N)=c1s/c(=C/c2ccc(Cl)cc2)c(=O)n1-c1ccccc1. The fourth-order valence-electron chi connectivity index (χ4n) is 2.29. The maximum Gasteiger partial charge on any atom is 0.273 e. The molecule has 0 saturated heterocycles. The van der Waals surface area contributed by atoms with Crippen molar-refractivity contribution in [3.05, 3.63) is 84.7 Å². The molecule has 6 heteroatoms. The molecule has 0 fully saturated rings. The lowest BCUT2D eigenvalue weighted by molar-refractivity contribution is 0.988. The lowest BCUT2D eigenvalue weighted by atomic mass is 10.2. The number of thiazole rings is 1. The first kappa shape index (κ1) is 16.7. The Balaban J connectivity index is 2.37. The molecule has 0 saturated carbocycles. The number of rotatable bonds is 2. The van der Waals surface area contributed by atoms with Crippen LogP contribution in [0.1, 0.15) is 5.56 Å². The van der Waals surface area contributed by atoms with Gasteiger partial charge in [0, 0.05) is 5.02 Å². The van der Waals surface area contributed by atoms with Crippen LogP contribution in [-0.4, -0.2) is 4.57 Å². The third-order valence-corrected chi connectivity index (χ3v) is 4.79. The smallest absolute Gasteiger partial charge is 0.267 e. The highest BCUT2D eigenvalue weighted by molar-refractivity contribution is 7.07. The van der Waals surface area contributed by atoms with Crippen molar-refractivity contribution in [3.63, 3.8) is 0 Å². The van der Waals surface area contributed by atoms with E-state index in [9.17, 15) is 15.3 Å². The second-order valence-electron chi connectivity index (χ2n) is 5.04. The maximum absolute atomic E-state index is 12.9. The van der Waals surface area contributed by atoms with Crippen molar-refractivity contribution in [1.82, 2.24) is 4.57 Å². The summed E-state index contributed by atoms with van der Waals surface area (Å²) in [7, 11) is 0. The molecule has 1 aromatic heterocycles. The van der Waals surface area contributed by atoms with Crippen LogP contribution in [0.5, 0.6) is 0 Å². The number of aromatic nitrogens is 1. The van der Waals surface area contributed by atoms with Crippen LogP contribution in [0.2, 0.25) is 5.02 Å². The van der Waals surface area contributed by atoms with Gasteiger partial charge in [0.2, 0.25) is 0 Å². The van der Waals surface area contributed by atoms with E-state index < -0.39 is 0 Å². The molecular weight excluding hydrogens is 354 g/mol. The molecule has 1 heterocycles. The third kappa shape index (κ3) is 3.39. The monoisotopic (exact) mass is 363 g/mol. The highest BCUT2D eigenvalue weighted by Gasteiger charge is 2.10. The molecule has 4 nitrogen and oxygen atoms in total. The zero-order valence-corrected chi connectivity index (χ0v) is 14.4. The average molecular weight is 364 g/mol. The summed E-state index contributed by atoms with van der Waals surface area (Å²) in [4.78, 5) is 12.9. The van der Waals surface area contributed by atoms with Crippen molar-refractivity contribution in [1.29, 1.82) is 10.5 Å². The Kier molecular flexibility index (Phi) is 4.81. The van der Waals surface area contributed by atoms with Gasteiger partial charge in [-0.15, -0.1) is 11.3 Å². The number of hydrogen-bond donors (Lipinski definition) is 0. The van der Waals surface area contributed by atoms with Crippen molar-refractivity contribution >= 4 is 34.6 Å². The number of benzene rings is 2. The largest absolute Gasteiger partial charge is 0.273 e. The van der Waals surface area contributed by atoms with Gasteiger partial charge in [0.05, 0.1) is 10.2 Å². The Morgan fingerprint density at radius 1 is 1.04 bits per heavy atom. The number of hydrogen-bond acceptors (Lipinski definition) is 4. The summed E-state index contributed by atoms with van der Waals surface area (Å²) in [5, 5.41) is 19.1. The third-order valence-electron chi connectivity index (χ3n) is 3.44. The van der Waals surface area contributed by atoms with E-state index in [4.69, 9.17) is 11.6 Å². The molecule has 0 aliphatic heterocycles. The van der Waals surface area contributed by atoms with Gasteiger partial charge in [-0.3, -0.25) is 9.36 Å². The minimum absolute atomic E-state index is 0.0956. The van der Waals surface area contributed by atoms with Gasteiger partial charge in [-0.1, -0.05) is 41.9 Å². The number of nitrogens with zero attached hydrogens (tertiary/aromatic N) is 3. The van der Waals surface area contributed by atoms with E-state index in [1.165, 1.54) is 4.57 Å². The molecule has 0 aliphatic carbocycles. The minimum atomic E-state index is -0.274.